The molecule has 0 aliphatic carbocycles. The van der Waals surface area contributed by atoms with Crippen LogP contribution < -0.4 is 20.7 Å². The summed E-state index contributed by atoms with van der Waals surface area (Å²) in [6.45, 7) is 0.432. The van der Waals surface area contributed by atoms with E-state index in [0.29, 0.717) is 24.5 Å². The highest BCUT2D eigenvalue weighted by atomic mass is 16.5. The molecule has 0 saturated carbocycles. The van der Waals surface area contributed by atoms with Crippen LogP contribution in [0.1, 0.15) is 6.42 Å². The molecule has 0 bridgehead atoms. The first-order valence-electron chi connectivity index (χ1n) is 5.63. The van der Waals surface area contributed by atoms with Crippen molar-refractivity contribution < 1.29 is 14.3 Å². The molecule has 96 valence electrons. The molecule has 6 heteroatoms. The number of rotatable bonds is 3. The van der Waals surface area contributed by atoms with Crippen molar-refractivity contribution in [3.63, 3.8) is 0 Å². The van der Waals surface area contributed by atoms with Gasteiger partial charge in [0, 0.05) is 12.7 Å². The van der Waals surface area contributed by atoms with E-state index in [2.05, 4.69) is 5.32 Å². The van der Waals surface area contributed by atoms with E-state index in [1.807, 2.05) is 0 Å². The Hall–Kier alpha value is -2.24. The standard InChI is InChI=1S/C12H15N3O3/c1-15-9-6-8(14-7-11(13)16)2-3-10(9)18-5-4-12(15)17/h2-3,6,14H,4-5,7H2,1H3,(H2,13,16). The predicted octanol–water partition coefficient (Wildman–Crippen LogP) is 0.329. The summed E-state index contributed by atoms with van der Waals surface area (Å²) in [5, 5.41) is 2.88. The van der Waals surface area contributed by atoms with Crippen LogP contribution in [0.15, 0.2) is 18.2 Å². The van der Waals surface area contributed by atoms with Crippen LogP contribution in [0.2, 0.25) is 0 Å². The normalized spacial score (nSPS) is 14.5. The lowest BCUT2D eigenvalue weighted by molar-refractivity contribution is -0.118. The summed E-state index contributed by atoms with van der Waals surface area (Å²) in [6.07, 6.45) is 0.356. The number of anilines is 2. The minimum Gasteiger partial charge on any atom is -0.491 e. The van der Waals surface area contributed by atoms with Crippen LogP contribution >= 0.6 is 0 Å². The molecule has 0 aromatic heterocycles. The van der Waals surface area contributed by atoms with Gasteiger partial charge in [0.15, 0.2) is 0 Å². The summed E-state index contributed by atoms with van der Waals surface area (Å²) >= 11 is 0. The number of carbonyl (C=O) groups is 2. The minimum absolute atomic E-state index is 0.000742. The summed E-state index contributed by atoms with van der Waals surface area (Å²) in [5.41, 5.74) is 6.47. The van der Waals surface area contributed by atoms with Crippen molar-refractivity contribution in [2.75, 3.05) is 30.4 Å². The number of ether oxygens (including phenoxy) is 1. The van der Waals surface area contributed by atoms with Gasteiger partial charge in [-0.2, -0.15) is 0 Å². The zero-order chi connectivity index (χ0) is 13.1. The highest BCUT2D eigenvalue weighted by Crippen LogP contribution is 2.33. The van der Waals surface area contributed by atoms with Crippen molar-refractivity contribution in [3.05, 3.63) is 18.2 Å². The van der Waals surface area contributed by atoms with Gasteiger partial charge in [-0.3, -0.25) is 9.59 Å². The second-order valence-electron chi connectivity index (χ2n) is 4.05. The highest BCUT2D eigenvalue weighted by Gasteiger charge is 2.20. The fourth-order valence-electron chi connectivity index (χ4n) is 1.75. The average molecular weight is 249 g/mol. The van der Waals surface area contributed by atoms with Crippen LogP contribution in [0.3, 0.4) is 0 Å². The van der Waals surface area contributed by atoms with Crippen LogP contribution in [-0.2, 0) is 9.59 Å². The maximum atomic E-state index is 11.7. The zero-order valence-electron chi connectivity index (χ0n) is 10.1. The van der Waals surface area contributed by atoms with E-state index in [4.69, 9.17) is 10.5 Å². The van der Waals surface area contributed by atoms with Gasteiger partial charge in [0.1, 0.15) is 5.75 Å². The summed E-state index contributed by atoms with van der Waals surface area (Å²) in [4.78, 5) is 24.0. The van der Waals surface area contributed by atoms with Crippen molar-refractivity contribution in [2.24, 2.45) is 5.73 Å². The van der Waals surface area contributed by atoms with Crippen LogP contribution in [0.5, 0.6) is 5.75 Å². The highest BCUT2D eigenvalue weighted by molar-refractivity contribution is 5.95. The topological polar surface area (TPSA) is 84.7 Å². The van der Waals surface area contributed by atoms with Crippen LogP contribution in [0, 0.1) is 0 Å². The lowest BCUT2D eigenvalue weighted by Crippen LogP contribution is -2.25. The van der Waals surface area contributed by atoms with Crippen LogP contribution in [0.4, 0.5) is 11.4 Å². The molecule has 2 rings (SSSR count). The third-order valence-electron chi connectivity index (χ3n) is 2.73. The third kappa shape index (κ3) is 2.53. The second kappa shape index (κ2) is 4.95. The van der Waals surface area contributed by atoms with Crippen LogP contribution in [0.25, 0.3) is 0 Å². The van der Waals surface area contributed by atoms with E-state index in [0.717, 1.165) is 5.69 Å². The first-order chi connectivity index (χ1) is 8.58. The monoisotopic (exact) mass is 249 g/mol. The molecule has 6 nitrogen and oxygen atoms in total. The molecule has 1 aromatic rings. The molecule has 1 aliphatic rings. The fraction of sp³-hybridized carbons (Fsp3) is 0.333. The van der Waals surface area contributed by atoms with Gasteiger partial charge >= 0.3 is 0 Å². The maximum Gasteiger partial charge on any atom is 0.236 e. The number of hydrogen-bond donors (Lipinski definition) is 2. The number of carbonyl (C=O) groups excluding carboxylic acids is 2. The first-order valence-corrected chi connectivity index (χ1v) is 5.63. The maximum absolute atomic E-state index is 11.7. The molecule has 2 amide bonds. The van der Waals surface area contributed by atoms with Crippen molar-refractivity contribution in [1.82, 2.24) is 0 Å². The Morgan fingerprint density at radius 2 is 2.33 bits per heavy atom. The Morgan fingerprint density at radius 1 is 1.56 bits per heavy atom. The number of nitrogens with zero attached hydrogens (tertiary/aromatic N) is 1. The van der Waals surface area contributed by atoms with Gasteiger partial charge in [-0.25, -0.2) is 0 Å². The quantitative estimate of drug-likeness (QED) is 0.808. The molecule has 18 heavy (non-hydrogen) atoms. The molecule has 0 spiro atoms. The fourth-order valence-corrected chi connectivity index (χ4v) is 1.75. The van der Waals surface area contributed by atoms with Gasteiger partial charge in [-0.05, 0) is 18.2 Å². The van der Waals surface area contributed by atoms with Crippen molar-refractivity contribution in [2.45, 2.75) is 6.42 Å². The lowest BCUT2D eigenvalue weighted by Gasteiger charge is -2.17. The van der Waals surface area contributed by atoms with Crippen LogP contribution in [-0.4, -0.2) is 32.0 Å². The summed E-state index contributed by atoms with van der Waals surface area (Å²) in [5.74, 6) is 0.222. The van der Waals surface area contributed by atoms with Crippen molar-refractivity contribution in [1.29, 1.82) is 0 Å². The van der Waals surface area contributed by atoms with Crippen molar-refractivity contribution >= 4 is 23.2 Å². The minimum atomic E-state index is -0.439. The number of nitrogens with one attached hydrogen (secondary N) is 1. The van der Waals surface area contributed by atoms with Gasteiger partial charge in [-0.15, -0.1) is 0 Å². The second-order valence-corrected chi connectivity index (χ2v) is 4.05. The Labute approximate surface area is 105 Å². The molecule has 1 aliphatic heterocycles. The molecular formula is C12H15N3O3. The Kier molecular flexibility index (Phi) is 3.36. The number of primary amides is 1. The molecule has 0 atom stereocenters. The van der Waals surface area contributed by atoms with Gasteiger partial charge in [0.05, 0.1) is 25.3 Å². The van der Waals surface area contributed by atoms with Gasteiger partial charge in [-0.1, -0.05) is 0 Å². The Balaban J connectivity index is 2.26. The Bertz CT molecular complexity index is 487. The summed E-state index contributed by atoms with van der Waals surface area (Å²) in [6, 6.07) is 5.32. The van der Waals surface area contributed by atoms with E-state index in [9.17, 15) is 9.59 Å². The number of benzene rings is 1. The average Bonchev–Trinajstić information content (AvgIpc) is 2.48. The molecule has 0 fully saturated rings. The number of hydrogen-bond acceptors (Lipinski definition) is 4. The smallest absolute Gasteiger partial charge is 0.236 e. The van der Waals surface area contributed by atoms with Gasteiger partial charge < -0.3 is 20.7 Å². The SMILES string of the molecule is CN1C(=O)CCOc2ccc(NCC(N)=O)cc21. The van der Waals surface area contributed by atoms with E-state index in [1.54, 1.807) is 30.1 Å². The van der Waals surface area contributed by atoms with E-state index in [-0.39, 0.29) is 12.5 Å². The molecule has 0 unspecified atom stereocenters. The molecular weight excluding hydrogens is 234 g/mol. The number of amides is 2. The van der Waals surface area contributed by atoms with Gasteiger partial charge in [0.2, 0.25) is 11.8 Å². The lowest BCUT2D eigenvalue weighted by atomic mass is 10.2. The molecule has 1 heterocycles. The molecule has 0 saturated heterocycles. The van der Waals surface area contributed by atoms with E-state index >= 15 is 0 Å². The first kappa shape index (κ1) is 12.2. The molecule has 0 radical (unpaired) electrons. The summed E-state index contributed by atoms with van der Waals surface area (Å²) in [7, 11) is 1.70. The zero-order valence-corrected chi connectivity index (χ0v) is 10.1. The van der Waals surface area contributed by atoms with Crippen molar-refractivity contribution in [3.8, 4) is 5.75 Å². The number of fused-ring (bicyclic) bond motifs is 1. The predicted molar refractivity (Wildman–Crippen MR) is 67.6 cm³/mol. The Morgan fingerprint density at radius 3 is 3.06 bits per heavy atom. The summed E-state index contributed by atoms with van der Waals surface area (Å²) < 4.78 is 5.49. The van der Waals surface area contributed by atoms with E-state index in [1.165, 1.54) is 0 Å². The molecule has 1 aromatic carbocycles. The van der Waals surface area contributed by atoms with E-state index < -0.39 is 5.91 Å². The largest absolute Gasteiger partial charge is 0.491 e. The van der Waals surface area contributed by atoms with Gasteiger partial charge in [0.25, 0.3) is 0 Å². The third-order valence-corrected chi connectivity index (χ3v) is 2.73. The number of nitrogens with two attached hydrogens (primary N) is 1. The molecule has 3 N–H and O–H groups in total.